The maximum absolute atomic E-state index is 5.12. The molecule has 0 radical (unpaired) electrons. The number of ether oxygens (including phenoxy) is 4. The van der Waals surface area contributed by atoms with Crippen molar-refractivity contribution < 1.29 is 18.9 Å². The van der Waals surface area contributed by atoms with Gasteiger partial charge in [0.25, 0.3) is 0 Å². The SMILES string of the molecule is COCOC/C=C(\C)COCOC. The molecule has 0 saturated heterocycles. The van der Waals surface area contributed by atoms with Crippen LogP contribution in [0.3, 0.4) is 0 Å². The maximum Gasteiger partial charge on any atom is 0.146 e. The van der Waals surface area contributed by atoms with Gasteiger partial charge in [0.2, 0.25) is 0 Å². The van der Waals surface area contributed by atoms with Crippen LogP contribution in [0, 0.1) is 0 Å². The molecule has 0 atom stereocenters. The van der Waals surface area contributed by atoms with Crippen molar-refractivity contribution in [2.45, 2.75) is 6.92 Å². The van der Waals surface area contributed by atoms with Crippen molar-refractivity contribution in [2.24, 2.45) is 0 Å². The highest BCUT2D eigenvalue weighted by Crippen LogP contribution is 1.93. The Morgan fingerprint density at radius 1 is 1.08 bits per heavy atom. The zero-order valence-corrected chi connectivity index (χ0v) is 8.54. The molecule has 0 amide bonds. The van der Waals surface area contributed by atoms with Crippen LogP contribution in [0.5, 0.6) is 0 Å². The Balaban J connectivity index is 3.29. The first-order valence-electron chi connectivity index (χ1n) is 4.10. The van der Waals surface area contributed by atoms with E-state index in [9.17, 15) is 0 Å². The number of hydrogen-bond donors (Lipinski definition) is 0. The van der Waals surface area contributed by atoms with Crippen LogP contribution >= 0.6 is 0 Å². The summed E-state index contributed by atoms with van der Waals surface area (Å²) in [5.41, 5.74) is 1.12. The predicted molar refractivity (Wildman–Crippen MR) is 49.4 cm³/mol. The molecule has 0 spiro atoms. The summed E-state index contributed by atoms with van der Waals surface area (Å²) in [4.78, 5) is 0. The maximum atomic E-state index is 5.12. The molecular weight excluding hydrogens is 172 g/mol. The minimum atomic E-state index is 0.322. The molecule has 4 heteroatoms. The smallest absolute Gasteiger partial charge is 0.146 e. The minimum absolute atomic E-state index is 0.322. The van der Waals surface area contributed by atoms with Crippen LogP contribution in [0.1, 0.15) is 6.92 Å². The van der Waals surface area contributed by atoms with Crippen molar-refractivity contribution in [3.8, 4) is 0 Å². The lowest BCUT2D eigenvalue weighted by atomic mass is 10.3. The third kappa shape index (κ3) is 9.49. The van der Waals surface area contributed by atoms with Crippen LogP contribution < -0.4 is 0 Å². The van der Waals surface area contributed by atoms with Gasteiger partial charge in [-0.15, -0.1) is 0 Å². The van der Waals surface area contributed by atoms with Gasteiger partial charge in [0, 0.05) is 14.2 Å². The summed E-state index contributed by atoms with van der Waals surface area (Å²) in [5.74, 6) is 0. The van der Waals surface area contributed by atoms with Gasteiger partial charge in [0.05, 0.1) is 13.2 Å². The van der Waals surface area contributed by atoms with Crippen LogP contribution in [0.2, 0.25) is 0 Å². The van der Waals surface area contributed by atoms with Crippen molar-refractivity contribution in [1.29, 1.82) is 0 Å². The Morgan fingerprint density at radius 2 is 1.69 bits per heavy atom. The zero-order chi connectivity index (χ0) is 9.94. The van der Waals surface area contributed by atoms with Crippen LogP contribution in [0.25, 0.3) is 0 Å². The normalized spacial score (nSPS) is 12.1. The summed E-state index contributed by atoms with van der Waals surface area (Å²) in [5, 5.41) is 0. The van der Waals surface area contributed by atoms with Crippen LogP contribution in [0.15, 0.2) is 11.6 Å². The highest BCUT2D eigenvalue weighted by Gasteiger charge is 1.89. The van der Waals surface area contributed by atoms with E-state index in [2.05, 4.69) is 0 Å². The van der Waals surface area contributed by atoms with Gasteiger partial charge in [-0.05, 0) is 12.5 Å². The fourth-order valence-corrected chi connectivity index (χ4v) is 0.678. The average molecular weight is 190 g/mol. The highest BCUT2D eigenvalue weighted by molar-refractivity contribution is 4.97. The summed E-state index contributed by atoms with van der Waals surface area (Å²) >= 11 is 0. The van der Waals surface area contributed by atoms with E-state index in [-0.39, 0.29) is 0 Å². The minimum Gasteiger partial charge on any atom is -0.359 e. The Morgan fingerprint density at radius 3 is 2.31 bits per heavy atom. The number of methoxy groups -OCH3 is 2. The summed E-state index contributed by atoms with van der Waals surface area (Å²) < 4.78 is 19.7. The molecule has 0 aromatic heterocycles. The molecule has 0 aromatic carbocycles. The lowest BCUT2D eigenvalue weighted by Gasteiger charge is -2.03. The van der Waals surface area contributed by atoms with E-state index in [1.807, 2.05) is 13.0 Å². The highest BCUT2D eigenvalue weighted by atomic mass is 16.7. The van der Waals surface area contributed by atoms with E-state index in [4.69, 9.17) is 18.9 Å². The lowest BCUT2D eigenvalue weighted by molar-refractivity contribution is -0.0243. The Hall–Kier alpha value is -0.420. The molecule has 0 bridgehead atoms. The molecule has 0 aromatic rings. The van der Waals surface area contributed by atoms with Crippen molar-refractivity contribution in [1.82, 2.24) is 0 Å². The summed E-state index contributed by atoms with van der Waals surface area (Å²) in [6, 6.07) is 0. The Kier molecular flexibility index (Phi) is 9.35. The fraction of sp³-hybridized carbons (Fsp3) is 0.778. The molecule has 0 saturated carbocycles. The largest absolute Gasteiger partial charge is 0.359 e. The summed E-state index contributed by atoms with van der Waals surface area (Å²) in [7, 11) is 3.19. The topological polar surface area (TPSA) is 36.9 Å². The van der Waals surface area contributed by atoms with Crippen LogP contribution in [0.4, 0.5) is 0 Å². The van der Waals surface area contributed by atoms with Gasteiger partial charge in [-0.1, -0.05) is 6.08 Å². The van der Waals surface area contributed by atoms with E-state index in [1.54, 1.807) is 14.2 Å². The van der Waals surface area contributed by atoms with Gasteiger partial charge in [0.15, 0.2) is 0 Å². The van der Waals surface area contributed by atoms with Gasteiger partial charge in [-0.3, -0.25) is 0 Å². The van der Waals surface area contributed by atoms with E-state index in [0.29, 0.717) is 26.8 Å². The third-order valence-corrected chi connectivity index (χ3v) is 1.28. The second-order valence-corrected chi connectivity index (χ2v) is 2.58. The Labute approximate surface area is 79.4 Å². The predicted octanol–water partition coefficient (Wildman–Crippen LogP) is 1.17. The first kappa shape index (κ1) is 12.6. The van der Waals surface area contributed by atoms with Crippen molar-refractivity contribution in [3.05, 3.63) is 11.6 Å². The third-order valence-electron chi connectivity index (χ3n) is 1.28. The fourth-order valence-electron chi connectivity index (χ4n) is 0.678. The van der Waals surface area contributed by atoms with Gasteiger partial charge >= 0.3 is 0 Å². The van der Waals surface area contributed by atoms with Crippen molar-refractivity contribution in [2.75, 3.05) is 41.0 Å². The van der Waals surface area contributed by atoms with Crippen LogP contribution in [-0.2, 0) is 18.9 Å². The number of rotatable bonds is 8. The zero-order valence-electron chi connectivity index (χ0n) is 8.54. The second-order valence-electron chi connectivity index (χ2n) is 2.58. The Bertz CT molecular complexity index is 134. The molecular formula is C9H18O4. The number of hydrogen-bond acceptors (Lipinski definition) is 4. The molecule has 0 aliphatic rings. The van der Waals surface area contributed by atoms with Crippen molar-refractivity contribution >= 4 is 0 Å². The molecule has 0 fully saturated rings. The molecule has 0 aliphatic heterocycles. The van der Waals surface area contributed by atoms with Gasteiger partial charge in [0.1, 0.15) is 13.6 Å². The van der Waals surface area contributed by atoms with E-state index in [1.165, 1.54) is 0 Å². The monoisotopic (exact) mass is 190 g/mol. The van der Waals surface area contributed by atoms with E-state index >= 15 is 0 Å². The van der Waals surface area contributed by atoms with Gasteiger partial charge in [-0.2, -0.15) is 0 Å². The molecule has 78 valence electrons. The average Bonchev–Trinajstić information content (AvgIpc) is 2.13. The quantitative estimate of drug-likeness (QED) is 0.327. The molecule has 0 aliphatic carbocycles. The lowest BCUT2D eigenvalue weighted by Crippen LogP contribution is -2.01. The second kappa shape index (κ2) is 9.67. The summed E-state index contributed by atoms with van der Waals surface area (Å²) in [6.45, 7) is 3.75. The molecule has 13 heavy (non-hydrogen) atoms. The molecule has 0 heterocycles. The van der Waals surface area contributed by atoms with Gasteiger partial charge in [-0.25, -0.2) is 0 Å². The first-order chi connectivity index (χ1) is 6.31. The van der Waals surface area contributed by atoms with Crippen molar-refractivity contribution in [3.63, 3.8) is 0 Å². The van der Waals surface area contributed by atoms with E-state index < -0.39 is 0 Å². The molecule has 0 N–H and O–H groups in total. The van der Waals surface area contributed by atoms with Gasteiger partial charge < -0.3 is 18.9 Å². The molecule has 0 rings (SSSR count). The molecule has 4 nitrogen and oxygen atoms in total. The molecule has 0 unspecified atom stereocenters. The standard InChI is InChI=1S/C9H18O4/c1-9(6-13-8-11-3)4-5-12-7-10-2/h4H,5-8H2,1-3H3/b9-4+. The summed E-state index contributed by atoms with van der Waals surface area (Å²) in [6.07, 6.45) is 1.95. The van der Waals surface area contributed by atoms with Crippen LogP contribution in [-0.4, -0.2) is 41.0 Å². The van der Waals surface area contributed by atoms with E-state index in [0.717, 1.165) is 5.57 Å². The first-order valence-corrected chi connectivity index (χ1v) is 4.10.